The van der Waals surface area contributed by atoms with Gasteiger partial charge in [-0.25, -0.2) is 0 Å². The Kier molecular flexibility index (Phi) is 3.98. The maximum atomic E-state index is 5.48. The molecule has 1 saturated heterocycles. The smallest absolute Gasteiger partial charge is 0.117 e. The molecule has 0 saturated carbocycles. The first-order valence-corrected chi connectivity index (χ1v) is 5.75. The molecule has 16 heavy (non-hydrogen) atoms. The number of furan rings is 1. The van der Waals surface area contributed by atoms with Gasteiger partial charge in [-0.15, -0.1) is 0 Å². The molecule has 0 radical (unpaired) electrons. The predicted molar refractivity (Wildman–Crippen MR) is 62.2 cm³/mol. The Morgan fingerprint density at radius 2 is 2.38 bits per heavy atom. The van der Waals surface area contributed by atoms with Crippen LogP contribution in [0.2, 0.25) is 0 Å². The average Bonchev–Trinajstić information content (AvgIpc) is 2.88. The lowest BCUT2D eigenvalue weighted by Gasteiger charge is -2.23. The van der Waals surface area contributed by atoms with E-state index in [2.05, 4.69) is 17.3 Å². The summed E-state index contributed by atoms with van der Waals surface area (Å²) >= 11 is 0. The zero-order chi connectivity index (χ0) is 11.4. The van der Waals surface area contributed by atoms with Gasteiger partial charge in [0.1, 0.15) is 5.76 Å². The second kappa shape index (κ2) is 5.48. The zero-order valence-corrected chi connectivity index (χ0v) is 9.98. The molecule has 0 aromatic carbocycles. The highest BCUT2D eigenvalue weighted by atomic mass is 16.5. The highest BCUT2D eigenvalue weighted by molar-refractivity contribution is 4.97. The highest BCUT2D eigenvalue weighted by Gasteiger charge is 2.27. The fraction of sp³-hybridized carbons (Fsp3) is 0.667. The van der Waals surface area contributed by atoms with Gasteiger partial charge in [-0.1, -0.05) is 0 Å². The molecule has 2 heterocycles. The lowest BCUT2D eigenvalue weighted by Crippen LogP contribution is -2.38. The summed E-state index contributed by atoms with van der Waals surface area (Å²) in [7, 11) is 4.12. The van der Waals surface area contributed by atoms with Gasteiger partial charge in [-0.05, 0) is 26.2 Å². The summed E-state index contributed by atoms with van der Waals surface area (Å²) in [5, 5.41) is 3.30. The molecule has 0 amide bonds. The SMILES string of the molecule is CNC1COCC1CN(C)Cc1ccco1. The molecule has 90 valence electrons. The van der Waals surface area contributed by atoms with Gasteiger partial charge < -0.3 is 14.5 Å². The van der Waals surface area contributed by atoms with E-state index in [0.29, 0.717) is 12.0 Å². The molecule has 1 N–H and O–H groups in total. The second-order valence-corrected chi connectivity index (χ2v) is 4.47. The Morgan fingerprint density at radius 3 is 3.06 bits per heavy atom. The molecule has 0 aliphatic carbocycles. The summed E-state index contributed by atoms with van der Waals surface area (Å²) in [5.74, 6) is 1.59. The average molecular weight is 224 g/mol. The molecule has 2 unspecified atom stereocenters. The molecule has 0 spiro atoms. The molecule has 1 aliphatic rings. The summed E-state index contributed by atoms with van der Waals surface area (Å²) in [6.45, 7) is 3.58. The summed E-state index contributed by atoms with van der Waals surface area (Å²) < 4.78 is 10.8. The molecule has 1 aromatic heterocycles. The van der Waals surface area contributed by atoms with E-state index in [1.807, 2.05) is 19.2 Å². The molecular weight excluding hydrogens is 204 g/mol. The van der Waals surface area contributed by atoms with Crippen LogP contribution in [0.15, 0.2) is 22.8 Å². The minimum atomic E-state index is 0.485. The number of hydrogen-bond acceptors (Lipinski definition) is 4. The maximum absolute atomic E-state index is 5.48. The van der Waals surface area contributed by atoms with Crippen LogP contribution < -0.4 is 5.32 Å². The highest BCUT2D eigenvalue weighted by Crippen LogP contribution is 2.15. The first-order valence-electron chi connectivity index (χ1n) is 5.75. The lowest BCUT2D eigenvalue weighted by molar-refractivity contribution is 0.170. The maximum Gasteiger partial charge on any atom is 0.117 e. The third kappa shape index (κ3) is 2.84. The summed E-state index contributed by atoms with van der Waals surface area (Å²) in [6.07, 6.45) is 1.72. The van der Waals surface area contributed by atoms with Gasteiger partial charge in [0, 0.05) is 18.5 Å². The minimum absolute atomic E-state index is 0.485. The van der Waals surface area contributed by atoms with Crippen molar-refractivity contribution >= 4 is 0 Å². The van der Waals surface area contributed by atoms with Crippen molar-refractivity contribution in [2.45, 2.75) is 12.6 Å². The predicted octanol–water partition coefficient (Wildman–Crippen LogP) is 0.946. The standard InChI is InChI=1S/C12H20N2O2/c1-13-12-9-15-8-10(12)6-14(2)7-11-4-3-5-16-11/h3-5,10,12-13H,6-9H2,1-2H3. The van der Waals surface area contributed by atoms with E-state index in [4.69, 9.17) is 9.15 Å². The van der Waals surface area contributed by atoms with Crippen molar-refractivity contribution in [2.75, 3.05) is 33.9 Å². The first kappa shape index (κ1) is 11.6. The number of hydrogen-bond donors (Lipinski definition) is 1. The molecule has 4 heteroatoms. The van der Waals surface area contributed by atoms with Crippen LogP contribution in [0.25, 0.3) is 0 Å². The van der Waals surface area contributed by atoms with Crippen LogP contribution in [0.3, 0.4) is 0 Å². The third-order valence-corrected chi connectivity index (χ3v) is 3.12. The Balaban J connectivity index is 1.80. The lowest BCUT2D eigenvalue weighted by atomic mass is 10.0. The molecule has 2 atom stereocenters. The van der Waals surface area contributed by atoms with Crippen LogP contribution in [0.4, 0.5) is 0 Å². The van der Waals surface area contributed by atoms with E-state index < -0.39 is 0 Å². The van der Waals surface area contributed by atoms with E-state index in [0.717, 1.165) is 32.1 Å². The van der Waals surface area contributed by atoms with Crippen molar-refractivity contribution in [2.24, 2.45) is 5.92 Å². The number of nitrogens with zero attached hydrogens (tertiary/aromatic N) is 1. The molecule has 1 aliphatic heterocycles. The van der Waals surface area contributed by atoms with E-state index in [1.165, 1.54) is 0 Å². The summed E-state index contributed by atoms with van der Waals surface area (Å²) in [4.78, 5) is 2.28. The molecule has 4 nitrogen and oxygen atoms in total. The van der Waals surface area contributed by atoms with E-state index in [9.17, 15) is 0 Å². The Hall–Kier alpha value is -0.840. The number of rotatable bonds is 5. The van der Waals surface area contributed by atoms with Gasteiger partial charge in [0.2, 0.25) is 0 Å². The van der Waals surface area contributed by atoms with Crippen LogP contribution >= 0.6 is 0 Å². The van der Waals surface area contributed by atoms with Crippen molar-refractivity contribution in [1.82, 2.24) is 10.2 Å². The number of ether oxygens (including phenoxy) is 1. The summed E-state index contributed by atoms with van der Waals surface area (Å²) in [6, 6.07) is 4.43. The van der Waals surface area contributed by atoms with Gasteiger partial charge in [0.15, 0.2) is 0 Å². The van der Waals surface area contributed by atoms with E-state index in [1.54, 1.807) is 6.26 Å². The van der Waals surface area contributed by atoms with Gasteiger partial charge in [-0.2, -0.15) is 0 Å². The monoisotopic (exact) mass is 224 g/mol. The van der Waals surface area contributed by atoms with Crippen LogP contribution in [-0.4, -0.2) is 44.8 Å². The van der Waals surface area contributed by atoms with Gasteiger partial charge in [-0.3, -0.25) is 4.90 Å². The third-order valence-electron chi connectivity index (χ3n) is 3.12. The van der Waals surface area contributed by atoms with Crippen molar-refractivity contribution < 1.29 is 9.15 Å². The molecular formula is C12H20N2O2. The van der Waals surface area contributed by atoms with Gasteiger partial charge >= 0.3 is 0 Å². The quantitative estimate of drug-likeness (QED) is 0.808. The van der Waals surface area contributed by atoms with Crippen LogP contribution in [0, 0.1) is 5.92 Å². The van der Waals surface area contributed by atoms with Crippen molar-refractivity contribution in [3.05, 3.63) is 24.2 Å². The second-order valence-electron chi connectivity index (χ2n) is 4.47. The summed E-state index contributed by atoms with van der Waals surface area (Å²) in [5.41, 5.74) is 0. The normalized spacial score (nSPS) is 25.4. The van der Waals surface area contributed by atoms with E-state index >= 15 is 0 Å². The van der Waals surface area contributed by atoms with Crippen molar-refractivity contribution in [1.29, 1.82) is 0 Å². The fourth-order valence-electron chi connectivity index (χ4n) is 2.23. The molecule has 0 bridgehead atoms. The van der Waals surface area contributed by atoms with Crippen molar-refractivity contribution in [3.63, 3.8) is 0 Å². The number of likely N-dealkylation sites (N-methyl/N-ethyl adjacent to an activating group) is 1. The topological polar surface area (TPSA) is 37.6 Å². The fourth-order valence-corrected chi connectivity index (χ4v) is 2.23. The Labute approximate surface area is 96.6 Å². The van der Waals surface area contributed by atoms with Crippen LogP contribution in [0.1, 0.15) is 5.76 Å². The minimum Gasteiger partial charge on any atom is -0.468 e. The zero-order valence-electron chi connectivity index (χ0n) is 9.98. The molecule has 1 aromatic rings. The van der Waals surface area contributed by atoms with Crippen LogP contribution in [-0.2, 0) is 11.3 Å². The van der Waals surface area contributed by atoms with Gasteiger partial charge in [0.05, 0.1) is 26.0 Å². The molecule has 2 rings (SSSR count). The molecule has 1 fully saturated rings. The van der Waals surface area contributed by atoms with Gasteiger partial charge in [0.25, 0.3) is 0 Å². The van der Waals surface area contributed by atoms with E-state index in [-0.39, 0.29) is 0 Å². The van der Waals surface area contributed by atoms with Crippen molar-refractivity contribution in [3.8, 4) is 0 Å². The number of nitrogens with one attached hydrogen (secondary N) is 1. The Bertz CT molecular complexity index is 300. The van der Waals surface area contributed by atoms with Crippen LogP contribution in [0.5, 0.6) is 0 Å². The Morgan fingerprint density at radius 1 is 1.50 bits per heavy atom. The largest absolute Gasteiger partial charge is 0.468 e. The first-order chi connectivity index (χ1) is 7.79.